The summed E-state index contributed by atoms with van der Waals surface area (Å²) in [6.07, 6.45) is 2.20. The number of H-pyrrole nitrogens is 1. The van der Waals surface area contributed by atoms with Crippen molar-refractivity contribution in [3.63, 3.8) is 0 Å². The average molecular weight is 390 g/mol. The van der Waals surface area contributed by atoms with Crippen LogP contribution in [0.3, 0.4) is 0 Å². The summed E-state index contributed by atoms with van der Waals surface area (Å²) in [6.45, 7) is 1.60. The SMILES string of the molecule is O=C(O)c1ccc(CN2Cc3[nH]cnc3CC2C(=O)NCc2ccccc2)cc1. The monoisotopic (exact) mass is 390 g/mol. The summed E-state index contributed by atoms with van der Waals surface area (Å²) < 4.78 is 0. The molecule has 0 saturated heterocycles. The number of aromatic carboxylic acids is 1. The highest BCUT2D eigenvalue weighted by atomic mass is 16.4. The number of aromatic nitrogens is 2. The number of hydrogen-bond acceptors (Lipinski definition) is 4. The van der Waals surface area contributed by atoms with Crippen molar-refractivity contribution in [1.29, 1.82) is 0 Å². The molecular formula is C22H22N4O3. The van der Waals surface area contributed by atoms with Crippen molar-refractivity contribution in [1.82, 2.24) is 20.2 Å². The lowest BCUT2D eigenvalue weighted by molar-refractivity contribution is -0.127. The third kappa shape index (κ3) is 4.35. The van der Waals surface area contributed by atoms with Crippen LogP contribution in [0.25, 0.3) is 0 Å². The van der Waals surface area contributed by atoms with Crippen LogP contribution >= 0.6 is 0 Å². The van der Waals surface area contributed by atoms with Gasteiger partial charge in [0.1, 0.15) is 0 Å². The van der Waals surface area contributed by atoms with Crippen LogP contribution in [0, 0.1) is 0 Å². The van der Waals surface area contributed by atoms with Gasteiger partial charge in [0.05, 0.1) is 29.3 Å². The fourth-order valence-electron chi connectivity index (χ4n) is 3.60. The molecule has 4 rings (SSSR count). The number of amides is 1. The molecule has 1 unspecified atom stereocenters. The molecule has 7 nitrogen and oxygen atoms in total. The molecule has 1 amide bonds. The van der Waals surface area contributed by atoms with Crippen molar-refractivity contribution < 1.29 is 14.7 Å². The number of benzene rings is 2. The molecule has 1 atom stereocenters. The number of rotatable bonds is 6. The smallest absolute Gasteiger partial charge is 0.335 e. The molecule has 0 saturated carbocycles. The van der Waals surface area contributed by atoms with Crippen LogP contribution in [0.15, 0.2) is 60.9 Å². The van der Waals surface area contributed by atoms with Crippen molar-refractivity contribution in [2.45, 2.75) is 32.1 Å². The Balaban J connectivity index is 1.49. The Morgan fingerprint density at radius 3 is 2.59 bits per heavy atom. The quantitative estimate of drug-likeness (QED) is 0.600. The maximum Gasteiger partial charge on any atom is 0.335 e. The molecule has 1 aromatic heterocycles. The third-order valence-electron chi connectivity index (χ3n) is 5.19. The van der Waals surface area contributed by atoms with Crippen molar-refractivity contribution >= 4 is 11.9 Å². The Kier molecular flexibility index (Phi) is 5.39. The van der Waals surface area contributed by atoms with E-state index in [9.17, 15) is 9.59 Å². The normalized spacial score (nSPS) is 16.2. The first-order chi connectivity index (χ1) is 14.1. The summed E-state index contributed by atoms with van der Waals surface area (Å²) in [4.78, 5) is 33.6. The molecule has 3 N–H and O–H groups in total. The molecule has 0 fully saturated rings. The van der Waals surface area contributed by atoms with Gasteiger partial charge in [0.25, 0.3) is 0 Å². The largest absolute Gasteiger partial charge is 0.478 e. The average Bonchev–Trinajstić information content (AvgIpc) is 3.20. The highest BCUT2D eigenvalue weighted by molar-refractivity contribution is 5.87. The Hall–Kier alpha value is -3.45. The molecular weight excluding hydrogens is 368 g/mol. The molecule has 2 heterocycles. The van der Waals surface area contributed by atoms with E-state index in [0.29, 0.717) is 26.1 Å². The number of nitrogens with zero attached hydrogens (tertiary/aromatic N) is 2. The third-order valence-corrected chi connectivity index (χ3v) is 5.19. The van der Waals surface area contributed by atoms with Gasteiger partial charge in [-0.15, -0.1) is 0 Å². The number of carbonyl (C=O) groups is 2. The van der Waals surface area contributed by atoms with Crippen molar-refractivity contribution in [2.75, 3.05) is 0 Å². The van der Waals surface area contributed by atoms with Gasteiger partial charge in [0.2, 0.25) is 5.91 Å². The number of imidazole rings is 1. The summed E-state index contributed by atoms with van der Waals surface area (Å²) in [5.74, 6) is -0.987. The molecule has 1 aliphatic heterocycles. The molecule has 29 heavy (non-hydrogen) atoms. The van der Waals surface area contributed by atoms with Gasteiger partial charge in [-0.3, -0.25) is 9.69 Å². The van der Waals surface area contributed by atoms with Crippen LogP contribution in [0.5, 0.6) is 0 Å². The van der Waals surface area contributed by atoms with Crippen molar-refractivity contribution in [2.24, 2.45) is 0 Å². The van der Waals surface area contributed by atoms with E-state index < -0.39 is 5.97 Å². The van der Waals surface area contributed by atoms with E-state index in [-0.39, 0.29) is 17.5 Å². The second-order valence-electron chi connectivity index (χ2n) is 7.16. The Morgan fingerprint density at radius 2 is 1.86 bits per heavy atom. The number of fused-ring (bicyclic) bond motifs is 1. The Labute approximate surface area is 168 Å². The fraction of sp³-hybridized carbons (Fsp3) is 0.227. The predicted molar refractivity (Wildman–Crippen MR) is 107 cm³/mol. The van der Waals surface area contributed by atoms with Gasteiger partial charge in [-0.25, -0.2) is 9.78 Å². The van der Waals surface area contributed by atoms with Crippen LogP contribution in [-0.2, 0) is 30.8 Å². The minimum Gasteiger partial charge on any atom is -0.478 e. The maximum atomic E-state index is 13.0. The number of carbonyl (C=O) groups excluding carboxylic acids is 1. The molecule has 7 heteroatoms. The second-order valence-corrected chi connectivity index (χ2v) is 7.16. The van der Waals surface area contributed by atoms with Crippen LogP contribution in [-0.4, -0.2) is 37.9 Å². The van der Waals surface area contributed by atoms with Crippen LogP contribution in [0.1, 0.15) is 32.9 Å². The molecule has 2 aromatic carbocycles. The minimum absolute atomic E-state index is 0.0374. The Bertz CT molecular complexity index is 998. The highest BCUT2D eigenvalue weighted by Crippen LogP contribution is 2.23. The van der Waals surface area contributed by atoms with E-state index in [1.807, 2.05) is 30.3 Å². The van der Waals surface area contributed by atoms with Gasteiger partial charge < -0.3 is 15.4 Å². The van der Waals surface area contributed by atoms with E-state index in [1.165, 1.54) is 0 Å². The van der Waals surface area contributed by atoms with Crippen LogP contribution in [0.2, 0.25) is 0 Å². The molecule has 0 radical (unpaired) electrons. The first kappa shape index (κ1) is 18.9. The van der Waals surface area contributed by atoms with E-state index in [1.54, 1.807) is 30.6 Å². The second kappa shape index (κ2) is 8.28. The van der Waals surface area contributed by atoms with Crippen LogP contribution in [0.4, 0.5) is 0 Å². The molecule has 0 bridgehead atoms. The van der Waals surface area contributed by atoms with Gasteiger partial charge in [0.15, 0.2) is 0 Å². The first-order valence-electron chi connectivity index (χ1n) is 9.49. The summed E-state index contributed by atoms with van der Waals surface area (Å²) in [7, 11) is 0. The van der Waals surface area contributed by atoms with Crippen molar-refractivity contribution in [3.8, 4) is 0 Å². The van der Waals surface area contributed by atoms with Crippen molar-refractivity contribution in [3.05, 3.63) is 89.0 Å². The number of nitrogens with one attached hydrogen (secondary N) is 2. The van der Waals surface area contributed by atoms with Gasteiger partial charge in [-0.1, -0.05) is 42.5 Å². The molecule has 0 aliphatic carbocycles. The summed E-state index contributed by atoms with van der Waals surface area (Å²) in [5, 5.41) is 12.1. The van der Waals surface area contributed by atoms with Gasteiger partial charge in [0, 0.05) is 26.1 Å². The van der Waals surface area contributed by atoms with E-state index in [0.717, 1.165) is 22.5 Å². The highest BCUT2D eigenvalue weighted by Gasteiger charge is 2.32. The fourth-order valence-corrected chi connectivity index (χ4v) is 3.60. The zero-order valence-corrected chi connectivity index (χ0v) is 15.8. The number of carboxylic acids is 1. The zero-order chi connectivity index (χ0) is 20.2. The van der Waals surface area contributed by atoms with Gasteiger partial charge in [-0.2, -0.15) is 0 Å². The number of carboxylic acid groups (broad SMARTS) is 1. The summed E-state index contributed by atoms with van der Waals surface area (Å²) in [5.41, 5.74) is 4.19. The van der Waals surface area contributed by atoms with Crippen LogP contribution < -0.4 is 5.32 Å². The number of aromatic amines is 1. The minimum atomic E-state index is -0.949. The number of hydrogen-bond donors (Lipinski definition) is 3. The predicted octanol–water partition coefficient (Wildman–Crippen LogP) is 2.35. The lowest BCUT2D eigenvalue weighted by atomic mass is 10.0. The molecule has 0 spiro atoms. The standard InChI is InChI=1S/C22H22N4O3/c27-21(23-11-15-4-2-1-3-5-15)20-10-18-19(25-14-24-18)13-26(20)12-16-6-8-17(9-7-16)22(28)29/h1-9,14,20H,10-13H2,(H,23,27)(H,24,25)(H,28,29). The lowest BCUT2D eigenvalue weighted by Gasteiger charge is -2.34. The van der Waals surface area contributed by atoms with Gasteiger partial charge in [-0.05, 0) is 23.3 Å². The molecule has 3 aromatic rings. The lowest BCUT2D eigenvalue weighted by Crippen LogP contribution is -2.49. The van der Waals surface area contributed by atoms with E-state index in [4.69, 9.17) is 5.11 Å². The van der Waals surface area contributed by atoms with E-state index in [2.05, 4.69) is 20.2 Å². The summed E-state index contributed by atoms with van der Waals surface area (Å²) in [6, 6.07) is 16.2. The first-order valence-corrected chi connectivity index (χ1v) is 9.49. The maximum absolute atomic E-state index is 13.0. The molecule has 148 valence electrons. The molecule has 1 aliphatic rings. The zero-order valence-electron chi connectivity index (χ0n) is 15.8. The summed E-state index contributed by atoms with van der Waals surface area (Å²) >= 11 is 0. The topological polar surface area (TPSA) is 98.3 Å². The van der Waals surface area contributed by atoms with E-state index >= 15 is 0 Å². The Morgan fingerprint density at radius 1 is 1.10 bits per heavy atom. The van der Waals surface area contributed by atoms with Gasteiger partial charge >= 0.3 is 5.97 Å².